The smallest absolute Gasteiger partial charge is 0.257 e. The molecule has 2 aromatic rings. The van der Waals surface area contributed by atoms with Gasteiger partial charge in [0.2, 0.25) is 0 Å². The van der Waals surface area contributed by atoms with E-state index in [4.69, 9.17) is 11.5 Å². The molecule has 0 aliphatic carbocycles. The van der Waals surface area contributed by atoms with Gasteiger partial charge in [0.1, 0.15) is 0 Å². The molecule has 0 bridgehead atoms. The second kappa shape index (κ2) is 4.48. The summed E-state index contributed by atoms with van der Waals surface area (Å²) in [6.07, 6.45) is 5.92. The van der Waals surface area contributed by atoms with E-state index in [1.54, 1.807) is 18.3 Å². The average molecular weight is 229 g/mol. The van der Waals surface area contributed by atoms with Crippen LogP contribution in [0, 0.1) is 0 Å². The summed E-state index contributed by atoms with van der Waals surface area (Å²) in [5, 5.41) is 2.62. The van der Waals surface area contributed by atoms with Gasteiger partial charge in [-0.2, -0.15) is 0 Å². The zero-order valence-electron chi connectivity index (χ0n) is 8.92. The van der Waals surface area contributed by atoms with Crippen molar-refractivity contribution in [1.29, 1.82) is 0 Å². The van der Waals surface area contributed by atoms with Gasteiger partial charge in [-0.15, -0.1) is 0 Å². The molecule has 2 aromatic heterocycles. The lowest BCUT2D eigenvalue weighted by atomic mass is 10.2. The fourth-order valence-electron chi connectivity index (χ4n) is 1.28. The SMILES string of the molecule is Nc1cncc(NC(=O)c2cccnc2)c1N. The van der Waals surface area contributed by atoms with Gasteiger partial charge in [0.25, 0.3) is 5.91 Å². The number of anilines is 3. The first-order chi connectivity index (χ1) is 8.18. The number of nitrogens with two attached hydrogens (primary N) is 2. The molecule has 0 saturated heterocycles. The molecule has 6 nitrogen and oxygen atoms in total. The highest BCUT2D eigenvalue weighted by atomic mass is 16.1. The van der Waals surface area contributed by atoms with Gasteiger partial charge in [-0.25, -0.2) is 0 Å². The maximum absolute atomic E-state index is 11.8. The van der Waals surface area contributed by atoms with E-state index >= 15 is 0 Å². The van der Waals surface area contributed by atoms with E-state index in [0.717, 1.165) is 0 Å². The zero-order valence-corrected chi connectivity index (χ0v) is 8.92. The lowest BCUT2D eigenvalue weighted by Gasteiger charge is -2.08. The van der Waals surface area contributed by atoms with E-state index in [-0.39, 0.29) is 5.91 Å². The Bertz CT molecular complexity index is 541. The Labute approximate surface area is 97.7 Å². The molecule has 0 aliphatic rings. The molecular formula is C11H11N5O. The Morgan fingerprint density at radius 2 is 2.00 bits per heavy atom. The number of carbonyl (C=O) groups excluding carboxylic acids is 1. The van der Waals surface area contributed by atoms with E-state index in [1.165, 1.54) is 18.6 Å². The molecule has 0 fully saturated rings. The number of carbonyl (C=O) groups is 1. The molecular weight excluding hydrogens is 218 g/mol. The standard InChI is InChI=1S/C11H11N5O/c12-8-5-15-6-9(10(8)13)16-11(17)7-2-1-3-14-4-7/h1-6H,12H2,(H2,13,15)(H,16,17). The fourth-order valence-corrected chi connectivity index (χ4v) is 1.28. The summed E-state index contributed by atoms with van der Waals surface area (Å²) in [6.45, 7) is 0. The lowest BCUT2D eigenvalue weighted by Crippen LogP contribution is -2.14. The van der Waals surface area contributed by atoms with Crippen LogP contribution in [0.2, 0.25) is 0 Å². The predicted molar refractivity (Wildman–Crippen MR) is 65.3 cm³/mol. The molecule has 17 heavy (non-hydrogen) atoms. The average Bonchev–Trinajstić information content (AvgIpc) is 2.36. The van der Waals surface area contributed by atoms with Gasteiger partial charge in [-0.1, -0.05) is 0 Å². The van der Waals surface area contributed by atoms with E-state index in [2.05, 4.69) is 15.3 Å². The molecule has 0 spiro atoms. The molecule has 86 valence electrons. The first-order valence-corrected chi connectivity index (χ1v) is 4.89. The first-order valence-electron chi connectivity index (χ1n) is 4.89. The normalized spacial score (nSPS) is 9.88. The minimum absolute atomic E-state index is 0.303. The number of amides is 1. The summed E-state index contributed by atoms with van der Waals surface area (Å²) in [4.78, 5) is 19.5. The predicted octanol–water partition coefficient (Wildman–Crippen LogP) is 0.893. The number of aromatic nitrogens is 2. The van der Waals surface area contributed by atoms with Gasteiger partial charge in [-0.05, 0) is 12.1 Å². The molecule has 0 unspecified atom stereocenters. The minimum Gasteiger partial charge on any atom is -0.396 e. The number of nitrogen functional groups attached to an aromatic ring is 2. The summed E-state index contributed by atoms with van der Waals surface area (Å²) in [6, 6.07) is 3.33. The van der Waals surface area contributed by atoms with Crippen molar-refractivity contribution in [2.24, 2.45) is 0 Å². The second-order valence-electron chi connectivity index (χ2n) is 3.39. The van der Waals surface area contributed by atoms with Crippen molar-refractivity contribution in [3.63, 3.8) is 0 Å². The number of rotatable bonds is 2. The number of hydrogen-bond donors (Lipinski definition) is 3. The third kappa shape index (κ3) is 2.31. The molecule has 0 aliphatic heterocycles. The largest absolute Gasteiger partial charge is 0.396 e. The molecule has 2 rings (SSSR count). The number of nitrogens with zero attached hydrogens (tertiary/aromatic N) is 2. The monoisotopic (exact) mass is 229 g/mol. The summed E-state index contributed by atoms with van der Waals surface area (Å²) < 4.78 is 0. The van der Waals surface area contributed by atoms with Crippen molar-refractivity contribution < 1.29 is 4.79 Å². The van der Waals surface area contributed by atoms with Gasteiger partial charge in [0.15, 0.2) is 0 Å². The van der Waals surface area contributed by atoms with E-state index in [0.29, 0.717) is 22.6 Å². The van der Waals surface area contributed by atoms with E-state index < -0.39 is 0 Å². The highest BCUT2D eigenvalue weighted by molar-refractivity contribution is 6.06. The minimum atomic E-state index is -0.308. The van der Waals surface area contributed by atoms with Crippen molar-refractivity contribution in [2.75, 3.05) is 16.8 Å². The summed E-state index contributed by atoms with van der Waals surface area (Å²) in [5.74, 6) is -0.308. The summed E-state index contributed by atoms with van der Waals surface area (Å²) in [5.41, 5.74) is 12.8. The zero-order chi connectivity index (χ0) is 12.3. The third-order valence-electron chi connectivity index (χ3n) is 2.19. The van der Waals surface area contributed by atoms with Crippen LogP contribution in [0.3, 0.4) is 0 Å². The van der Waals surface area contributed by atoms with Crippen molar-refractivity contribution >= 4 is 23.0 Å². The second-order valence-corrected chi connectivity index (χ2v) is 3.39. The molecule has 2 heterocycles. The maximum Gasteiger partial charge on any atom is 0.257 e. The van der Waals surface area contributed by atoms with Crippen molar-refractivity contribution in [1.82, 2.24) is 9.97 Å². The Kier molecular flexibility index (Phi) is 2.87. The van der Waals surface area contributed by atoms with E-state index in [9.17, 15) is 4.79 Å². The van der Waals surface area contributed by atoms with Crippen molar-refractivity contribution in [2.45, 2.75) is 0 Å². The highest BCUT2D eigenvalue weighted by Gasteiger charge is 2.09. The molecule has 1 amide bonds. The molecule has 6 heteroatoms. The van der Waals surface area contributed by atoms with Crippen LogP contribution in [0.5, 0.6) is 0 Å². The summed E-state index contributed by atoms with van der Waals surface area (Å²) >= 11 is 0. The molecule has 5 N–H and O–H groups in total. The Hall–Kier alpha value is -2.63. The van der Waals surface area contributed by atoms with Crippen LogP contribution in [0.25, 0.3) is 0 Å². The molecule has 0 saturated carbocycles. The topological polar surface area (TPSA) is 107 Å². The van der Waals surface area contributed by atoms with Gasteiger partial charge >= 0.3 is 0 Å². The molecule has 0 radical (unpaired) electrons. The van der Waals surface area contributed by atoms with Crippen LogP contribution in [-0.4, -0.2) is 15.9 Å². The van der Waals surface area contributed by atoms with Crippen LogP contribution in [0.15, 0.2) is 36.9 Å². The number of hydrogen-bond acceptors (Lipinski definition) is 5. The lowest BCUT2D eigenvalue weighted by molar-refractivity contribution is 0.102. The molecule has 0 atom stereocenters. The van der Waals surface area contributed by atoms with Crippen LogP contribution >= 0.6 is 0 Å². The number of nitrogens with one attached hydrogen (secondary N) is 1. The van der Waals surface area contributed by atoms with Crippen molar-refractivity contribution in [3.8, 4) is 0 Å². The van der Waals surface area contributed by atoms with Gasteiger partial charge in [-0.3, -0.25) is 14.8 Å². The first kappa shape index (κ1) is 10.9. The Balaban J connectivity index is 2.22. The van der Waals surface area contributed by atoms with E-state index in [1.807, 2.05) is 0 Å². The maximum atomic E-state index is 11.8. The Morgan fingerprint density at radius 1 is 1.18 bits per heavy atom. The van der Waals surface area contributed by atoms with Gasteiger partial charge in [0.05, 0.1) is 35.0 Å². The van der Waals surface area contributed by atoms with Crippen molar-refractivity contribution in [3.05, 3.63) is 42.5 Å². The fraction of sp³-hybridized carbons (Fsp3) is 0. The Morgan fingerprint density at radius 3 is 2.71 bits per heavy atom. The molecule has 0 aromatic carbocycles. The quantitative estimate of drug-likeness (QED) is 0.709. The van der Waals surface area contributed by atoms with Gasteiger partial charge in [0, 0.05) is 12.4 Å². The van der Waals surface area contributed by atoms with Gasteiger partial charge < -0.3 is 16.8 Å². The number of pyridine rings is 2. The van der Waals surface area contributed by atoms with Crippen LogP contribution in [0.1, 0.15) is 10.4 Å². The summed E-state index contributed by atoms with van der Waals surface area (Å²) in [7, 11) is 0. The third-order valence-corrected chi connectivity index (χ3v) is 2.19. The highest BCUT2D eigenvalue weighted by Crippen LogP contribution is 2.23. The van der Waals surface area contributed by atoms with Crippen LogP contribution in [0.4, 0.5) is 17.1 Å². The van der Waals surface area contributed by atoms with Crippen LogP contribution in [-0.2, 0) is 0 Å². The van der Waals surface area contributed by atoms with Crippen LogP contribution < -0.4 is 16.8 Å².